The van der Waals surface area contributed by atoms with Gasteiger partial charge in [-0.2, -0.15) is 0 Å². The number of urea groups is 1. The Morgan fingerprint density at radius 2 is 1.88 bits per heavy atom. The van der Waals surface area contributed by atoms with Crippen molar-refractivity contribution < 1.29 is 9.18 Å². The number of aromatic nitrogens is 2. The van der Waals surface area contributed by atoms with E-state index in [9.17, 15) is 9.18 Å². The summed E-state index contributed by atoms with van der Waals surface area (Å²) in [4.78, 5) is 22.9. The minimum Gasteiger partial charge on any atom is -0.318 e. The van der Waals surface area contributed by atoms with E-state index in [4.69, 9.17) is 0 Å². The second kappa shape index (κ2) is 6.10. The third kappa shape index (κ3) is 2.86. The summed E-state index contributed by atoms with van der Waals surface area (Å²) >= 11 is 0. The number of benzene rings is 1. The first-order valence-corrected chi connectivity index (χ1v) is 8.69. The molecule has 0 saturated carbocycles. The molecule has 2 unspecified atom stereocenters. The number of carbonyl (C=O) groups excluding carboxylic acids is 1. The summed E-state index contributed by atoms with van der Waals surface area (Å²) in [6.45, 7) is 4.03. The second-order valence-corrected chi connectivity index (χ2v) is 7.18. The molecule has 0 spiro atoms. The first-order valence-electron chi connectivity index (χ1n) is 8.69. The Hall–Kier alpha value is -2.50. The highest BCUT2D eigenvalue weighted by molar-refractivity contribution is 5.91. The Kier molecular flexibility index (Phi) is 3.90. The highest BCUT2D eigenvalue weighted by atomic mass is 19.1. The van der Waals surface area contributed by atoms with E-state index < -0.39 is 5.82 Å². The Morgan fingerprint density at radius 3 is 2.56 bits per heavy atom. The zero-order valence-electron chi connectivity index (χ0n) is 14.4. The van der Waals surface area contributed by atoms with E-state index in [1.54, 1.807) is 24.5 Å². The van der Waals surface area contributed by atoms with Crippen molar-refractivity contribution in [1.29, 1.82) is 0 Å². The van der Waals surface area contributed by atoms with Crippen molar-refractivity contribution in [2.75, 3.05) is 5.32 Å². The predicted molar refractivity (Wildman–Crippen MR) is 93.6 cm³/mol. The largest absolute Gasteiger partial charge is 0.322 e. The zero-order valence-corrected chi connectivity index (χ0v) is 14.4. The number of nitrogens with one attached hydrogen (secondary N) is 1. The molecule has 1 aromatic heterocycles. The van der Waals surface area contributed by atoms with Gasteiger partial charge in [0, 0.05) is 30.0 Å². The summed E-state index contributed by atoms with van der Waals surface area (Å²) in [6, 6.07) is 5.14. The number of amides is 2. The molecule has 4 rings (SSSR count). The fraction of sp³-hybridized carbons (Fsp3) is 0.421. The summed E-state index contributed by atoms with van der Waals surface area (Å²) in [6.07, 6.45) is 6.42. The molecule has 6 heteroatoms. The minimum absolute atomic E-state index is 0.177. The summed E-state index contributed by atoms with van der Waals surface area (Å²) in [5.74, 6) is 0.737. The van der Waals surface area contributed by atoms with E-state index in [2.05, 4.69) is 22.2 Å². The van der Waals surface area contributed by atoms with Gasteiger partial charge in [0.05, 0.1) is 5.69 Å². The van der Waals surface area contributed by atoms with Crippen LogP contribution in [0.15, 0.2) is 30.6 Å². The lowest BCUT2D eigenvalue weighted by Crippen LogP contribution is -2.63. The Bertz CT molecular complexity index is 799. The van der Waals surface area contributed by atoms with Crippen LogP contribution in [0.5, 0.6) is 0 Å². The van der Waals surface area contributed by atoms with Gasteiger partial charge in [0.15, 0.2) is 5.82 Å². The van der Waals surface area contributed by atoms with Crippen LogP contribution in [0.3, 0.4) is 0 Å². The molecule has 2 aromatic rings. The van der Waals surface area contributed by atoms with E-state index in [1.165, 1.54) is 6.07 Å². The Labute approximate surface area is 146 Å². The normalized spacial score (nSPS) is 24.6. The number of fused-ring (bicyclic) bond motifs is 2. The lowest BCUT2D eigenvalue weighted by molar-refractivity contribution is -0.00603. The number of anilines is 1. The van der Waals surface area contributed by atoms with E-state index in [0.29, 0.717) is 23.8 Å². The third-order valence-electron chi connectivity index (χ3n) is 5.28. The number of halogens is 1. The molecule has 2 fully saturated rings. The number of hydrogen-bond donors (Lipinski definition) is 1. The van der Waals surface area contributed by atoms with Gasteiger partial charge >= 0.3 is 6.03 Å². The van der Waals surface area contributed by atoms with Gasteiger partial charge in [-0.1, -0.05) is 6.92 Å². The molecule has 1 N–H and O–H groups in total. The maximum Gasteiger partial charge on any atom is 0.322 e. The quantitative estimate of drug-likeness (QED) is 0.899. The molecule has 2 amide bonds. The molecule has 2 aliphatic rings. The van der Waals surface area contributed by atoms with Crippen LogP contribution >= 0.6 is 0 Å². The van der Waals surface area contributed by atoms with Gasteiger partial charge in [0.1, 0.15) is 5.82 Å². The predicted octanol–water partition coefficient (Wildman–Crippen LogP) is 4.00. The monoisotopic (exact) mass is 340 g/mol. The van der Waals surface area contributed by atoms with Gasteiger partial charge in [0.25, 0.3) is 0 Å². The van der Waals surface area contributed by atoms with Gasteiger partial charge in [-0.05, 0) is 55.9 Å². The van der Waals surface area contributed by atoms with E-state index in [1.807, 2.05) is 11.8 Å². The molecule has 2 atom stereocenters. The van der Waals surface area contributed by atoms with Crippen LogP contribution in [0, 0.1) is 18.7 Å². The van der Waals surface area contributed by atoms with Crippen molar-refractivity contribution in [3.8, 4) is 11.4 Å². The highest BCUT2D eigenvalue weighted by Gasteiger charge is 2.46. The summed E-state index contributed by atoms with van der Waals surface area (Å²) in [7, 11) is 0. The maximum absolute atomic E-state index is 14.4. The van der Waals surface area contributed by atoms with Crippen molar-refractivity contribution in [3.63, 3.8) is 0 Å². The van der Waals surface area contributed by atoms with Gasteiger partial charge in [-0.15, -0.1) is 0 Å². The second-order valence-electron chi connectivity index (χ2n) is 7.18. The molecule has 130 valence electrons. The molecule has 25 heavy (non-hydrogen) atoms. The smallest absolute Gasteiger partial charge is 0.318 e. The van der Waals surface area contributed by atoms with Crippen LogP contribution in [0.2, 0.25) is 0 Å². The standard InChI is InChI=1S/C19H21FN4O/c1-11-6-13-9-14(7-11)24(13)19(25)23-17-10-15(12(2)8-16(17)20)18-21-4-3-5-22-18/h3-5,8,10-11,13-14H,6-7,9H2,1-2H3,(H,23,25). The zero-order chi connectivity index (χ0) is 17.6. The Balaban J connectivity index is 1.58. The fourth-order valence-corrected chi connectivity index (χ4v) is 4.11. The molecular formula is C19H21FN4O. The van der Waals surface area contributed by atoms with Gasteiger partial charge < -0.3 is 10.2 Å². The van der Waals surface area contributed by atoms with Crippen LogP contribution in [-0.2, 0) is 0 Å². The van der Waals surface area contributed by atoms with Gasteiger partial charge in [-0.3, -0.25) is 0 Å². The van der Waals surface area contributed by atoms with Crippen molar-refractivity contribution in [3.05, 3.63) is 42.0 Å². The summed E-state index contributed by atoms with van der Waals surface area (Å²) in [5.41, 5.74) is 1.63. The first kappa shape index (κ1) is 16.0. The number of carbonyl (C=O) groups is 1. The van der Waals surface area contributed by atoms with Crippen LogP contribution in [0.25, 0.3) is 11.4 Å². The SMILES string of the molecule is Cc1cc(F)c(NC(=O)N2C3CC(C)CC2C3)cc1-c1ncccn1. The molecule has 2 bridgehead atoms. The van der Waals surface area contributed by atoms with Crippen molar-refractivity contribution in [1.82, 2.24) is 14.9 Å². The van der Waals surface area contributed by atoms with Crippen molar-refractivity contribution in [2.24, 2.45) is 5.92 Å². The van der Waals surface area contributed by atoms with Crippen LogP contribution in [0.1, 0.15) is 31.7 Å². The summed E-state index contributed by atoms with van der Waals surface area (Å²) in [5, 5.41) is 2.75. The molecule has 2 saturated heterocycles. The molecule has 2 aliphatic heterocycles. The van der Waals surface area contributed by atoms with Crippen LogP contribution in [0.4, 0.5) is 14.9 Å². The number of nitrogens with zero attached hydrogens (tertiary/aromatic N) is 3. The van der Waals surface area contributed by atoms with E-state index in [0.717, 1.165) is 30.4 Å². The summed E-state index contributed by atoms with van der Waals surface area (Å²) < 4.78 is 14.4. The minimum atomic E-state index is -0.440. The van der Waals surface area contributed by atoms with E-state index >= 15 is 0 Å². The lowest BCUT2D eigenvalue weighted by Gasteiger charge is -2.54. The number of aryl methyl sites for hydroxylation is 1. The molecular weight excluding hydrogens is 319 g/mol. The molecule has 0 radical (unpaired) electrons. The molecule has 3 heterocycles. The van der Waals surface area contributed by atoms with Crippen LogP contribution < -0.4 is 5.32 Å². The van der Waals surface area contributed by atoms with Crippen molar-refractivity contribution in [2.45, 2.75) is 45.2 Å². The first-order chi connectivity index (χ1) is 12.0. The number of rotatable bonds is 2. The molecule has 5 nitrogen and oxygen atoms in total. The lowest BCUT2D eigenvalue weighted by atomic mass is 9.74. The third-order valence-corrected chi connectivity index (χ3v) is 5.28. The van der Waals surface area contributed by atoms with Gasteiger partial charge in [-0.25, -0.2) is 19.2 Å². The topological polar surface area (TPSA) is 58.1 Å². The average Bonchev–Trinajstić information content (AvgIpc) is 2.57. The van der Waals surface area contributed by atoms with Crippen molar-refractivity contribution >= 4 is 11.7 Å². The number of hydrogen-bond acceptors (Lipinski definition) is 3. The Morgan fingerprint density at radius 1 is 1.20 bits per heavy atom. The van der Waals surface area contributed by atoms with E-state index in [-0.39, 0.29) is 11.7 Å². The highest BCUT2D eigenvalue weighted by Crippen LogP contribution is 2.41. The maximum atomic E-state index is 14.4. The average molecular weight is 340 g/mol. The fourth-order valence-electron chi connectivity index (χ4n) is 4.11. The van der Waals surface area contributed by atoms with Crippen LogP contribution in [-0.4, -0.2) is 33.0 Å². The number of piperidine rings is 1. The molecule has 1 aromatic carbocycles. The molecule has 0 aliphatic carbocycles. The van der Waals surface area contributed by atoms with Gasteiger partial charge in [0.2, 0.25) is 0 Å².